The predicted octanol–water partition coefficient (Wildman–Crippen LogP) is 3.38. The van der Waals surface area contributed by atoms with Gasteiger partial charge >= 0.3 is 0 Å². The Morgan fingerprint density at radius 1 is 1.20 bits per heavy atom. The number of benzene rings is 2. The van der Waals surface area contributed by atoms with Crippen molar-refractivity contribution in [1.82, 2.24) is 4.72 Å². The number of carbonyl (C=O) groups excluding carboxylic acids is 1. The molecule has 0 saturated carbocycles. The second kappa shape index (κ2) is 6.96. The Balaban J connectivity index is 1.80. The molecule has 3 rings (SSSR count). The average Bonchev–Trinajstić information content (AvgIpc) is 2.97. The third kappa shape index (κ3) is 3.82. The normalized spacial score (nSPS) is 13.8. The SMILES string of the molecule is CC(=O)N1CCc2cc(S(=O)(=O)NCc3ccc(Cl)cc3Cl)ccc21. The van der Waals surface area contributed by atoms with Crippen LogP contribution in [-0.2, 0) is 27.8 Å². The summed E-state index contributed by atoms with van der Waals surface area (Å²) in [7, 11) is -3.69. The smallest absolute Gasteiger partial charge is 0.240 e. The highest BCUT2D eigenvalue weighted by Crippen LogP contribution is 2.30. The lowest BCUT2D eigenvalue weighted by Gasteiger charge is -2.15. The van der Waals surface area contributed by atoms with E-state index in [4.69, 9.17) is 23.2 Å². The fraction of sp³-hybridized carbons (Fsp3) is 0.235. The number of fused-ring (bicyclic) bond motifs is 1. The van der Waals surface area contributed by atoms with Crippen molar-refractivity contribution in [2.24, 2.45) is 0 Å². The van der Waals surface area contributed by atoms with E-state index in [-0.39, 0.29) is 17.3 Å². The number of hydrogen-bond acceptors (Lipinski definition) is 3. The number of sulfonamides is 1. The number of anilines is 1. The molecule has 0 aromatic heterocycles. The van der Waals surface area contributed by atoms with E-state index < -0.39 is 10.0 Å². The maximum Gasteiger partial charge on any atom is 0.240 e. The molecule has 0 aliphatic carbocycles. The first-order valence-corrected chi connectivity index (χ1v) is 9.86. The van der Waals surface area contributed by atoms with E-state index in [1.165, 1.54) is 13.0 Å². The molecule has 0 unspecified atom stereocenters. The summed E-state index contributed by atoms with van der Waals surface area (Å²) in [5.74, 6) is -0.0511. The van der Waals surface area contributed by atoms with Gasteiger partial charge in [0, 0.05) is 35.7 Å². The highest BCUT2D eigenvalue weighted by Gasteiger charge is 2.24. The van der Waals surface area contributed by atoms with Gasteiger partial charge in [0.1, 0.15) is 0 Å². The highest BCUT2D eigenvalue weighted by atomic mass is 35.5. The fourth-order valence-electron chi connectivity index (χ4n) is 2.79. The van der Waals surface area contributed by atoms with Crippen molar-refractivity contribution in [3.8, 4) is 0 Å². The minimum Gasteiger partial charge on any atom is -0.312 e. The van der Waals surface area contributed by atoms with Gasteiger partial charge in [0.15, 0.2) is 0 Å². The van der Waals surface area contributed by atoms with Crippen LogP contribution in [0.2, 0.25) is 10.0 Å². The molecular weight excluding hydrogens is 383 g/mol. The van der Waals surface area contributed by atoms with Crippen LogP contribution in [0.3, 0.4) is 0 Å². The highest BCUT2D eigenvalue weighted by molar-refractivity contribution is 7.89. The van der Waals surface area contributed by atoms with E-state index in [9.17, 15) is 13.2 Å². The van der Waals surface area contributed by atoms with Crippen LogP contribution in [0, 0.1) is 0 Å². The summed E-state index contributed by atoms with van der Waals surface area (Å²) >= 11 is 11.9. The number of nitrogens with one attached hydrogen (secondary N) is 1. The Bertz CT molecular complexity index is 945. The van der Waals surface area contributed by atoms with Crippen molar-refractivity contribution in [1.29, 1.82) is 0 Å². The molecule has 0 radical (unpaired) electrons. The van der Waals surface area contributed by atoms with Crippen LogP contribution in [0.15, 0.2) is 41.3 Å². The van der Waals surface area contributed by atoms with Crippen LogP contribution < -0.4 is 9.62 Å². The van der Waals surface area contributed by atoms with E-state index in [0.29, 0.717) is 28.6 Å². The lowest BCUT2D eigenvalue weighted by molar-refractivity contribution is -0.116. The Morgan fingerprint density at radius 3 is 2.64 bits per heavy atom. The van der Waals surface area contributed by atoms with Gasteiger partial charge in [-0.05, 0) is 47.9 Å². The molecule has 1 amide bonds. The van der Waals surface area contributed by atoms with Crippen LogP contribution in [0.5, 0.6) is 0 Å². The molecule has 25 heavy (non-hydrogen) atoms. The molecule has 8 heteroatoms. The Kier molecular flexibility index (Phi) is 5.06. The van der Waals surface area contributed by atoms with Gasteiger partial charge in [-0.25, -0.2) is 13.1 Å². The van der Waals surface area contributed by atoms with Crippen molar-refractivity contribution >= 4 is 44.8 Å². The van der Waals surface area contributed by atoms with Crippen LogP contribution >= 0.6 is 23.2 Å². The molecule has 0 bridgehead atoms. The maximum absolute atomic E-state index is 12.5. The van der Waals surface area contributed by atoms with Gasteiger partial charge in [-0.3, -0.25) is 4.79 Å². The number of hydrogen-bond donors (Lipinski definition) is 1. The first-order chi connectivity index (χ1) is 11.8. The molecule has 0 spiro atoms. The summed E-state index contributed by atoms with van der Waals surface area (Å²) in [4.78, 5) is 13.4. The second-order valence-electron chi connectivity index (χ2n) is 5.77. The van der Waals surface area contributed by atoms with Crippen LogP contribution in [0.4, 0.5) is 5.69 Å². The quantitative estimate of drug-likeness (QED) is 0.857. The molecule has 0 atom stereocenters. The van der Waals surface area contributed by atoms with E-state index >= 15 is 0 Å². The van der Waals surface area contributed by atoms with Gasteiger partial charge in [-0.1, -0.05) is 29.3 Å². The summed E-state index contributed by atoms with van der Waals surface area (Å²) in [5.41, 5.74) is 2.26. The fourth-order valence-corrected chi connectivity index (χ4v) is 4.33. The van der Waals surface area contributed by atoms with Crippen molar-refractivity contribution in [2.75, 3.05) is 11.4 Å². The number of rotatable bonds is 4. The first-order valence-electron chi connectivity index (χ1n) is 7.62. The number of carbonyl (C=O) groups is 1. The summed E-state index contributed by atoms with van der Waals surface area (Å²) < 4.78 is 27.6. The molecule has 2 aromatic rings. The van der Waals surface area contributed by atoms with Crippen LogP contribution in [0.25, 0.3) is 0 Å². The number of halogens is 2. The van der Waals surface area contributed by atoms with Gasteiger partial charge in [-0.15, -0.1) is 0 Å². The summed E-state index contributed by atoms with van der Waals surface area (Å²) in [6.07, 6.45) is 0.640. The molecule has 1 heterocycles. The average molecular weight is 399 g/mol. The number of nitrogens with zero attached hydrogens (tertiary/aromatic N) is 1. The minimum atomic E-state index is -3.69. The molecular formula is C17H16Cl2N2O3S. The second-order valence-corrected chi connectivity index (χ2v) is 8.38. The summed E-state index contributed by atoms with van der Waals surface area (Å²) in [6.45, 7) is 2.13. The van der Waals surface area contributed by atoms with E-state index in [1.54, 1.807) is 35.2 Å². The van der Waals surface area contributed by atoms with Gasteiger partial charge in [0.2, 0.25) is 15.9 Å². The largest absolute Gasteiger partial charge is 0.312 e. The van der Waals surface area contributed by atoms with Gasteiger partial charge in [0.05, 0.1) is 4.90 Å². The first kappa shape index (κ1) is 18.2. The summed E-state index contributed by atoms with van der Waals surface area (Å²) in [6, 6.07) is 9.70. The predicted molar refractivity (Wildman–Crippen MR) is 98.7 cm³/mol. The monoisotopic (exact) mass is 398 g/mol. The molecule has 0 fully saturated rings. The zero-order chi connectivity index (χ0) is 18.2. The lowest BCUT2D eigenvalue weighted by atomic mass is 10.2. The lowest BCUT2D eigenvalue weighted by Crippen LogP contribution is -2.26. The van der Waals surface area contributed by atoms with E-state index in [2.05, 4.69) is 4.72 Å². The topological polar surface area (TPSA) is 66.5 Å². The Labute approximate surface area is 156 Å². The Hall–Kier alpha value is -1.60. The Morgan fingerprint density at radius 2 is 1.96 bits per heavy atom. The van der Waals surface area contributed by atoms with Gasteiger partial charge in [-0.2, -0.15) is 0 Å². The molecule has 5 nitrogen and oxygen atoms in total. The van der Waals surface area contributed by atoms with Crippen LogP contribution in [0.1, 0.15) is 18.1 Å². The van der Waals surface area contributed by atoms with Crippen molar-refractivity contribution in [2.45, 2.75) is 24.8 Å². The molecule has 1 aliphatic rings. The third-order valence-corrected chi connectivity index (χ3v) is 6.09. The van der Waals surface area contributed by atoms with Crippen molar-refractivity contribution in [3.05, 3.63) is 57.6 Å². The molecule has 2 aromatic carbocycles. The zero-order valence-electron chi connectivity index (χ0n) is 13.4. The van der Waals surface area contributed by atoms with Crippen molar-refractivity contribution < 1.29 is 13.2 Å². The molecule has 1 aliphatic heterocycles. The number of amides is 1. The molecule has 132 valence electrons. The zero-order valence-corrected chi connectivity index (χ0v) is 15.7. The molecule has 1 N–H and O–H groups in total. The van der Waals surface area contributed by atoms with E-state index in [0.717, 1.165) is 11.3 Å². The van der Waals surface area contributed by atoms with Crippen molar-refractivity contribution in [3.63, 3.8) is 0 Å². The minimum absolute atomic E-state index is 0.0511. The maximum atomic E-state index is 12.5. The molecule has 0 saturated heterocycles. The third-order valence-electron chi connectivity index (χ3n) is 4.10. The van der Waals surface area contributed by atoms with Gasteiger partial charge in [0.25, 0.3) is 0 Å². The van der Waals surface area contributed by atoms with Crippen LogP contribution in [-0.4, -0.2) is 20.9 Å². The van der Waals surface area contributed by atoms with Gasteiger partial charge < -0.3 is 4.90 Å². The van der Waals surface area contributed by atoms with E-state index in [1.807, 2.05) is 0 Å². The summed E-state index contributed by atoms with van der Waals surface area (Å²) in [5, 5.41) is 0.895. The standard InChI is InChI=1S/C17H16Cl2N2O3S/c1-11(22)21-7-6-12-8-15(4-5-17(12)21)25(23,24)20-10-13-2-3-14(18)9-16(13)19/h2-5,8-9,20H,6-7,10H2,1H3.